The number of hydrogen-bond acceptors (Lipinski definition) is 4. The van der Waals surface area contributed by atoms with Crippen LogP contribution in [-0.4, -0.2) is 53.9 Å². The minimum absolute atomic E-state index is 0.0813. The highest BCUT2D eigenvalue weighted by Crippen LogP contribution is 2.37. The van der Waals surface area contributed by atoms with Crippen LogP contribution in [0.5, 0.6) is 5.75 Å². The molecule has 2 atom stereocenters. The Morgan fingerprint density at radius 2 is 1.77 bits per heavy atom. The average Bonchev–Trinajstić information content (AvgIpc) is 2.86. The van der Waals surface area contributed by atoms with Gasteiger partial charge in [-0.05, 0) is 25.0 Å². The van der Waals surface area contributed by atoms with E-state index in [0.29, 0.717) is 37.4 Å². The highest BCUT2D eigenvalue weighted by molar-refractivity contribution is 6.06. The van der Waals surface area contributed by atoms with Crippen molar-refractivity contribution in [2.24, 2.45) is 11.8 Å². The Hall–Kier alpha value is -2.83. The molecule has 2 fully saturated rings. The number of benzene rings is 1. The predicted octanol–water partition coefficient (Wildman–Crippen LogP) is 1.86. The molecule has 1 aromatic rings. The molecule has 4 amide bonds. The van der Waals surface area contributed by atoms with Crippen molar-refractivity contribution in [1.29, 1.82) is 0 Å². The van der Waals surface area contributed by atoms with Crippen molar-refractivity contribution in [3.8, 4) is 5.75 Å². The summed E-state index contributed by atoms with van der Waals surface area (Å²) in [7, 11) is 1.57. The van der Waals surface area contributed by atoms with Gasteiger partial charge in [-0.2, -0.15) is 0 Å². The third-order valence-corrected chi connectivity index (χ3v) is 5.38. The number of nitrogens with one attached hydrogen (secondary N) is 1. The maximum atomic E-state index is 12.6. The third-order valence-electron chi connectivity index (χ3n) is 5.38. The van der Waals surface area contributed by atoms with Gasteiger partial charge in [0.2, 0.25) is 11.8 Å². The molecule has 0 aromatic heterocycles. The van der Waals surface area contributed by atoms with Crippen LogP contribution in [0.15, 0.2) is 36.4 Å². The van der Waals surface area contributed by atoms with Gasteiger partial charge in [0.15, 0.2) is 0 Å². The summed E-state index contributed by atoms with van der Waals surface area (Å²) in [5.41, 5.74) is 0.642. The van der Waals surface area contributed by atoms with E-state index in [1.165, 1.54) is 4.90 Å². The fourth-order valence-electron chi connectivity index (χ4n) is 3.87. The molecule has 7 nitrogen and oxygen atoms in total. The first kappa shape index (κ1) is 16.6. The Kier molecular flexibility index (Phi) is 4.14. The SMILES string of the molecule is COc1cccc(NC(=O)N2CC(N3C(=O)C4CC=CCC4C3=O)C2)c1. The van der Waals surface area contributed by atoms with Crippen molar-refractivity contribution in [2.45, 2.75) is 18.9 Å². The second-order valence-electron chi connectivity index (χ2n) is 6.92. The standard InChI is InChI=1S/C19H21N3O4/c1-26-14-6-4-5-12(9-14)20-19(25)21-10-13(11-21)22-17(23)15-7-2-3-8-16(15)18(22)24/h2-6,9,13,15-16H,7-8,10-11H2,1H3,(H,20,25). The molecule has 0 saturated carbocycles. The molecule has 4 rings (SSSR count). The van der Waals surface area contributed by atoms with Crippen LogP contribution in [0, 0.1) is 11.8 Å². The largest absolute Gasteiger partial charge is 0.497 e. The Labute approximate surface area is 151 Å². The van der Waals surface area contributed by atoms with Crippen LogP contribution in [0.3, 0.4) is 0 Å². The molecular weight excluding hydrogens is 334 g/mol. The molecule has 3 aliphatic rings. The zero-order valence-electron chi connectivity index (χ0n) is 14.6. The highest BCUT2D eigenvalue weighted by Gasteiger charge is 2.52. The number of nitrogens with zero attached hydrogens (tertiary/aromatic N) is 2. The molecule has 0 bridgehead atoms. The van der Waals surface area contributed by atoms with Crippen molar-refractivity contribution in [3.63, 3.8) is 0 Å². The molecule has 2 unspecified atom stereocenters. The van der Waals surface area contributed by atoms with Crippen LogP contribution in [0.2, 0.25) is 0 Å². The van der Waals surface area contributed by atoms with Gasteiger partial charge >= 0.3 is 6.03 Å². The fraction of sp³-hybridized carbons (Fsp3) is 0.421. The second-order valence-corrected chi connectivity index (χ2v) is 6.92. The molecule has 1 aromatic carbocycles. The molecule has 26 heavy (non-hydrogen) atoms. The number of rotatable bonds is 3. The second kappa shape index (κ2) is 6.48. The van der Waals surface area contributed by atoms with Crippen LogP contribution < -0.4 is 10.1 Å². The number of anilines is 1. The Balaban J connectivity index is 1.35. The average molecular weight is 355 g/mol. The van der Waals surface area contributed by atoms with E-state index in [-0.39, 0.29) is 35.7 Å². The lowest BCUT2D eigenvalue weighted by atomic mass is 9.85. The summed E-state index contributed by atoms with van der Waals surface area (Å²) >= 11 is 0. The van der Waals surface area contributed by atoms with Gasteiger partial charge in [0, 0.05) is 24.8 Å². The monoisotopic (exact) mass is 355 g/mol. The number of carbonyl (C=O) groups excluding carboxylic acids is 3. The van der Waals surface area contributed by atoms with Crippen LogP contribution >= 0.6 is 0 Å². The van der Waals surface area contributed by atoms with Gasteiger partial charge in [0.05, 0.1) is 25.0 Å². The van der Waals surface area contributed by atoms with Crippen molar-refractivity contribution in [1.82, 2.24) is 9.80 Å². The Bertz CT molecular complexity index is 759. The lowest BCUT2D eigenvalue weighted by molar-refractivity contribution is -0.145. The van der Waals surface area contributed by atoms with E-state index >= 15 is 0 Å². The van der Waals surface area contributed by atoms with Crippen molar-refractivity contribution in [3.05, 3.63) is 36.4 Å². The van der Waals surface area contributed by atoms with E-state index in [4.69, 9.17) is 4.74 Å². The molecule has 7 heteroatoms. The molecule has 1 N–H and O–H groups in total. The number of allylic oxidation sites excluding steroid dienone is 2. The molecule has 2 aliphatic heterocycles. The summed E-state index contributed by atoms with van der Waals surface area (Å²) in [6.45, 7) is 0.750. The molecule has 2 heterocycles. The quantitative estimate of drug-likeness (QED) is 0.663. The van der Waals surface area contributed by atoms with Gasteiger partial charge in [0.25, 0.3) is 0 Å². The van der Waals surface area contributed by atoms with E-state index in [9.17, 15) is 14.4 Å². The number of hydrogen-bond donors (Lipinski definition) is 1. The number of imide groups is 1. The molecule has 0 spiro atoms. The molecule has 2 saturated heterocycles. The maximum absolute atomic E-state index is 12.6. The Morgan fingerprint density at radius 1 is 1.12 bits per heavy atom. The number of amides is 4. The van der Waals surface area contributed by atoms with Gasteiger partial charge in [-0.15, -0.1) is 0 Å². The summed E-state index contributed by atoms with van der Waals surface area (Å²) < 4.78 is 5.14. The fourth-order valence-corrected chi connectivity index (χ4v) is 3.87. The number of likely N-dealkylation sites (tertiary alicyclic amines) is 2. The van der Waals surface area contributed by atoms with Crippen molar-refractivity contribution < 1.29 is 19.1 Å². The van der Waals surface area contributed by atoms with Gasteiger partial charge in [-0.3, -0.25) is 14.5 Å². The molecule has 136 valence electrons. The molecule has 0 radical (unpaired) electrons. The van der Waals surface area contributed by atoms with E-state index in [1.54, 1.807) is 36.3 Å². The van der Waals surface area contributed by atoms with Crippen LogP contribution in [0.25, 0.3) is 0 Å². The summed E-state index contributed by atoms with van der Waals surface area (Å²) in [6, 6.07) is 6.66. The number of urea groups is 1. The first-order chi connectivity index (χ1) is 12.6. The number of carbonyl (C=O) groups is 3. The van der Waals surface area contributed by atoms with Crippen LogP contribution in [0.4, 0.5) is 10.5 Å². The van der Waals surface area contributed by atoms with Crippen molar-refractivity contribution >= 4 is 23.5 Å². The van der Waals surface area contributed by atoms with E-state index in [2.05, 4.69) is 5.32 Å². The lowest BCUT2D eigenvalue weighted by Gasteiger charge is -2.43. The number of fused-ring (bicyclic) bond motifs is 1. The summed E-state index contributed by atoms with van der Waals surface area (Å²) in [5, 5.41) is 2.81. The van der Waals surface area contributed by atoms with Gasteiger partial charge in [-0.1, -0.05) is 18.2 Å². The molecular formula is C19H21N3O4. The van der Waals surface area contributed by atoms with Gasteiger partial charge in [0.1, 0.15) is 5.75 Å². The van der Waals surface area contributed by atoms with Crippen LogP contribution in [-0.2, 0) is 9.59 Å². The minimum atomic E-state index is -0.243. The van der Waals surface area contributed by atoms with Gasteiger partial charge < -0.3 is 15.0 Å². The van der Waals surface area contributed by atoms with E-state index in [1.807, 2.05) is 12.2 Å². The predicted molar refractivity (Wildman–Crippen MR) is 94.6 cm³/mol. The smallest absolute Gasteiger partial charge is 0.321 e. The number of ether oxygens (including phenoxy) is 1. The van der Waals surface area contributed by atoms with Crippen LogP contribution in [0.1, 0.15) is 12.8 Å². The Morgan fingerprint density at radius 3 is 2.38 bits per heavy atom. The third kappa shape index (κ3) is 2.73. The van der Waals surface area contributed by atoms with E-state index < -0.39 is 0 Å². The zero-order valence-corrected chi connectivity index (χ0v) is 14.6. The topological polar surface area (TPSA) is 79.0 Å². The highest BCUT2D eigenvalue weighted by atomic mass is 16.5. The zero-order chi connectivity index (χ0) is 18.3. The first-order valence-corrected chi connectivity index (χ1v) is 8.80. The summed E-state index contributed by atoms with van der Waals surface area (Å²) in [6.07, 6.45) is 5.23. The first-order valence-electron chi connectivity index (χ1n) is 8.80. The van der Waals surface area contributed by atoms with Crippen molar-refractivity contribution in [2.75, 3.05) is 25.5 Å². The van der Waals surface area contributed by atoms with E-state index in [0.717, 1.165) is 0 Å². The van der Waals surface area contributed by atoms with Gasteiger partial charge in [-0.25, -0.2) is 4.79 Å². The molecule has 1 aliphatic carbocycles. The lowest BCUT2D eigenvalue weighted by Crippen LogP contribution is -2.63. The maximum Gasteiger partial charge on any atom is 0.321 e. The normalized spacial score (nSPS) is 25.1. The summed E-state index contributed by atoms with van der Waals surface area (Å²) in [4.78, 5) is 40.5. The minimum Gasteiger partial charge on any atom is -0.497 e. The number of methoxy groups -OCH3 is 1. The summed E-state index contributed by atoms with van der Waals surface area (Å²) in [5.74, 6) is 0.0671.